The number of hydrogen-bond donors (Lipinski definition) is 1. The van der Waals surface area contributed by atoms with Crippen LogP contribution < -0.4 is 0 Å². The maximum Gasteiger partial charge on any atom is 0.335 e. The number of aromatic nitrogens is 1. The molecule has 1 aromatic rings. The van der Waals surface area contributed by atoms with E-state index >= 15 is 0 Å². The van der Waals surface area contributed by atoms with Crippen molar-refractivity contribution in [3.8, 4) is 0 Å². The second-order valence-corrected chi connectivity index (χ2v) is 6.65. The maximum absolute atomic E-state index is 12.2. The molecular formula is C11H12N2O4S. The Morgan fingerprint density at radius 2 is 2.06 bits per heavy atom. The van der Waals surface area contributed by atoms with Crippen LogP contribution in [-0.4, -0.2) is 41.9 Å². The van der Waals surface area contributed by atoms with Crippen molar-refractivity contribution in [3.05, 3.63) is 23.9 Å². The van der Waals surface area contributed by atoms with Gasteiger partial charge in [-0.1, -0.05) is 0 Å². The van der Waals surface area contributed by atoms with Gasteiger partial charge in [0.2, 0.25) is 0 Å². The Kier molecular flexibility index (Phi) is 2.43. The minimum Gasteiger partial charge on any atom is -0.478 e. The van der Waals surface area contributed by atoms with Gasteiger partial charge >= 0.3 is 5.97 Å². The van der Waals surface area contributed by atoms with Crippen molar-refractivity contribution in [2.24, 2.45) is 11.8 Å². The molecule has 2 unspecified atom stereocenters. The SMILES string of the molecule is O=C(O)c1ccnc(S(=O)(=O)N2CC3CC3C2)c1. The molecule has 0 amide bonds. The average Bonchev–Trinajstić information content (AvgIpc) is 2.96. The molecule has 0 bridgehead atoms. The van der Waals surface area contributed by atoms with Crippen molar-refractivity contribution < 1.29 is 18.3 Å². The van der Waals surface area contributed by atoms with E-state index < -0.39 is 16.0 Å². The molecule has 6 nitrogen and oxygen atoms in total. The molecule has 2 atom stereocenters. The summed E-state index contributed by atoms with van der Waals surface area (Å²) in [5.74, 6) is -0.178. The molecule has 1 aromatic heterocycles. The summed E-state index contributed by atoms with van der Waals surface area (Å²) in [5.41, 5.74) is -0.0621. The molecule has 1 saturated heterocycles. The Hall–Kier alpha value is -1.47. The number of aromatic carboxylic acids is 1. The molecule has 96 valence electrons. The van der Waals surface area contributed by atoms with Crippen molar-refractivity contribution in [1.82, 2.24) is 9.29 Å². The lowest BCUT2D eigenvalue weighted by Crippen LogP contribution is -2.31. The fourth-order valence-electron chi connectivity index (χ4n) is 2.37. The van der Waals surface area contributed by atoms with Gasteiger partial charge in [0.25, 0.3) is 10.0 Å². The number of nitrogens with zero attached hydrogens (tertiary/aromatic N) is 2. The highest BCUT2D eigenvalue weighted by molar-refractivity contribution is 7.89. The van der Waals surface area contributed by atoms with Crippen molar-refractivity contribution in [1.29, 1.82) is 0 Å². The third kappa shape index (κ3) is 1.79. The fourth-order valence-corrected chi connectivity index (χ4v) is 3.88. The first-order valence-corrected chi connectivity index (χ1v) is 7.12. The maximum atomic E-state index is 12.2. The number of fused-ring (bicyclic) bond motifs is 1. The van der Waals surface area contributed by atoms with E-state index in [1.165, 1.54) is 16.6 Å². The zero-order chi connectivity index (χ0) is 12.9. The first kappa shape index (κ1) is 11.6. The van der Waals surface area contributed by atoms with Gasteiger partial charge in [0.05, 0.1) is 5.56 Å². The molecule has 18 heavy (non-hydrogen) atoms. The second kappa shape index (κ2) is 3.76. The normalized spacial score (nSPS) is 26.9. The van der Waals surface area contributed by atoms with Crippen LogP contribution in [0.15, 0.2) is 23.4 Å². The Balaban J connectivity index is 1.93. The Bertz CT molecular complexity index is 603. The predicted octanol–water partition coefficient (Wildman–Crippen LogP) is 0.420. The van der Waals surface area contributed by atoms with Gasteiger partial charge in [-0.2, -0.15) is 4.31 Å². The molecule has 2 aliphatic rings. The van der Waals surface area contributed by atoms with Crippen molar-refractivity contribution in [2.75, 3.05) is 13.1 Å². The van der Waals surface area contributed by atoms with Gasteiger partial charge in [0.15, 0.2) is 5.03 Å². The monoisotopic (exact) mass is 268 g/mol. The van der Waals surface area contributed by atoms with Gasteiger partial charge in [-0.3, -0.25) is 0 Å². The third-order valence-electron chi connectivity index (χ3n) is 3.53. The molecule has 1 aliphatic carbocycles. The molecule has 2 fully saturated rings. The highest BCUT2D eigenvalue weighted by atomic mass is 32.2. The molecule has 1 aliphatic heterocycles. The summed E-state index contributed by atoms with van der Waals surface area (Å²) in [5, 5.41) is 8.68. The molecule has 7 heteroatoms. The van der Waals surface area contributed by atoms with Crippen molar-refractivity contribution >= 4 is 16.0 Å². The van der Waals surface area contributed by atoms with Gasteiger partial charge in [-0.15, -0.1) is 0 Å². The summed E-state index contributed by atoms with van der Waals surface area (Å²) in [6.07, 6.45) is 2.32. The fraction of sp³-hybridized carbons (Fsp3) is 0.455. The number of carboxylic acid groups (broad SMARTS) is 1. The van der Waals surface area contributed by atoms with Crippen LogP contribution in [0.1, 0.15) is 16.8 Å². The quantitative estimate of drug-likeness (QED) is 0.858. The zero-order valence-corrected chi connectivity index (χ0v) is 10.3. The molecule has 1 N–H and O–H groups in total. The Morgan fingerprint density at radius 1 is 1.39 bits per heavy atom. The van der Waals surface area contributed by atoms with Crippen molar-refractivity contribution in [3.63, 3.8) is 0 Å². The molecule has 0 radical (unpaired) electrons. The summed E-state index contributed by atoms with van der Waals surface area (Å²) < 4.78 is 25.9. The lowest BCUT2D eigenvalue weighted by Gasteiger charge is -2.17. The van der Waals surface area contributed by atoms with Crippen LogP contribution in [0.3, 0.4) is 0 Å². The van der Waals surface area contributed by atoms with Gasteiger partial charge in [0.1, 0.15) is 0 Å². The predicted molar refractivity (Wildman–Crippen MR) is 61.6 cm³/mol. The molecule has 2 heterocycles. The highest BCUT2D eigenvalue weighted by Gasteiger charge is 2.49. The van der Waals surface area contributed by atoms with Crippen LogP contribution in [0.4, 0.5) is 0 Å². The van der Waals surface area contributed by atoms with Crippen LogP contribution in [0.5, 0.6) is 0 Å². The van der Waals surface area contributed by atoms with Crippen LogP contribution in [0.2, 0.25) is 0 Å². The van der Waals surface area contributed by atoms with E-state index in [1.807, 2.05) is 0 Å². The smallest absolute Gasteiger partial charge is 0.335 e. The number of carboxylic acids is 1. The second-order valence-electron chi connectivity index (χ2n) is 4.77. The van der Waals surface area contributed by atoms with E-state index in [0.717, 1.165) is 12.5 Å². The van der Waals surface area contributed by atoms with E-state index in [2.05, 4.69) is 4.98 Å². The molecule has 3 rings (SSSR count). The largest absolute Gasteiger partial charge is 0.478 e. The summed E-state index contributed by atoms with van der Waals surface area (Å²) in [6, 6.07) is 2.39. The summed E-state index contributed by atoms with van der Waals surface area (Å²) in [4.78, 5) is 14.6. The lowest BCUT2D eigenvalue weighted by molar-refractivity contribution is 0.0696. The van der Waals surface area contributed by atoms with Gasteiger partial charge < -0.3 is 5.11 Å². The van der Waals surface area contributed by atoms with Crippen LogP contribution in [0, 0.1) is 11.8 Å². The number of hydrogen-bond acceptors (Lipinski definition) is 4. The molecular weight excluding hydrogens is 256 g/mol. The first-order valence-electron chi connectivity index (χ1n) is 5.68. The summed E-state index contributed by atoms with van der Waals surface area (Å²) in [6.45, 7) is 1.07. The number of piperidine rings is 1. The topological polar surface area (TPSA) is 87.6 Å². The third-order valence-corrected chi connectivity index (χ3v) is 5.26. The van der Waals surface area contributed by atoms with E-state index in [-0.39, 0.29) is 10.6 Å². The lowest BCUT2D eigenvalue weighted by atomic mass is 10.3. The number of carbonyl (C=O) groups is 1. The molecule has 0 aromatic carbocycles. The summed E-state index contributed by atoms with van der Waals surface area (Å²) in [7, 11) is -3.64. The van der Waals surface area contributed by atoms with E-state index in [0.29, 0.717) is 24.9 Å². The number of pyridine rings is 1. The standard InChI is InChI=1S/C11H12N2O4S/c14-11(15)7-1-2-12-10(4-7)18(16,17)13-5-8-3-9(8)6-13/h1-2,4,8-9H,3,5-6H2,(H,14,15). The van der Waals surface area contributed by atoms with Gasteiger partial charge in [0, 0.05) is 19.3 Å². The average molecular weight is 268 g/mol. The van der Waals surface area contributed by atoms with E-state index in [1.54, 1.807) is 0 Å². The molecule has 0 spiro atoms. The number of rotatable bonds is 3. The Morgan fingerprint density at radius 3 is 2.67 bits per heavy atom. The van der Waals surface area contributed by atoms with E-state index in [4.69, 9.17) is 5.11 Å². The van der Waals surface area contributed by atoms with E-state index in [9.17, 15) is 13.2 Å². The minimum atomic E-state index is -3.64. The van der Waals surface area contributed by atoms with Crippen molar-refractivity contribution in [2.45, 2.75) is 11.4 Å². The number of sulfonamides is 1. The van der Waals surface area contributed by atoms with Crippen LogP contribution in [-0.2, 0) is 10.0 Å². The Labute approximate surface area is 104 Å². The highest BCUT2D eigenvalue weighted by Crippen LogP contribution is 2.46. The van der Waals surface area contributed by atoms with Gasteiger partial charge in [-0.05, 0) is 30.4 Å². The van der Waals surface area contributed by atoms with Crippen LogP contribution in [0.25, 0.3) is 0 Å². The first-order chi connectivity index (χ1) is 8.48. The summed E-state index contributed by atoms with van der Waals surface area (Å²) >= 11 is 0. The van der Waals surface area contributed by atoms with Gasteiger partial charge in [-0.25, -0.2) is 18.2 Å². The van der Waals surface area contributed by atoms with Crippen LogP contribution >= 0.6 is 0 Å². The minimum absolute atomic E-state index is 0.0621. The molecule has 1 saturated carbocycles. The zero-order valence-electron chi connectivity index (χ0n) is 9.48.